The highest BCUT2D eigenvalue weighted by molar-refractivity contribution is 6.74. The summed E-state index contributed by atoms with van der Waals surface area (Å²) in [6.45, 7) is 12.0. The molecule has 0 aromatic carbocycles. The molecular formula is C16H28ClNO6Si. The van der Waals surface area contributed by atoms with Crippen molar-refractivity contribution in [1.82, 2.24) is 4.90 Å². The van der Waals surface area contributed by atoms with Crippen LogP contribution in [0.3, 0.4) is 0 Å². The number of carbonyl (C=O) groups is 3. The zero-order valence-corrected chi connectivity index (χ0v) is 17.8. The molecule has 1 aliphatic rings. The van der Waals surface area contributed by atoms with Gasteiger partial charge in [0.25, 0.3) is 0 Å². The van der Waals surface area contributed by atoms with Crippen molar-refractivity contribution in [2.45, 2.75) is 69.4 Å². The van der Waals surface area contributed by atoms with Gasteiger partial charge in [-0.1, -0.05) is 20.8 Å². The summed E-state index contributed by atoms with van der Waals surface area (Å²) in [6.07, 6.45) is -0.659. The van der Waals surface area contributed by atoms with Crippen LogP contribution in [0.5, 0.6) is 0 Å². The molecule has 0 spiro atoms. The average molecular weight is 394 g/mol. The first-order valence-corrected chi connectivity index (χ1v) is 11.4. The van der Waals surface area contributed by atoms with Gasteiger partial charge >= 0.3 is 11.9 Å². The zero-order valence-electron chi connectivity index (χ0n) is 16.1. The van der Waals surface area contributed by atoms with Crippen LogP contribution in [0, 0.1) is 0 Å². The number of hydrogen-bond donors (Lipinski definition) is 0. The number of carbonyl (C=O) groups excluding carboxylic acids is 3. The SMILES string of the molecule is COC(=O)[C@@H]1[C@H](Cl)C(=O)N1[C@H](C(=O)OC)[C@@H](C)O[Si](C)(C)C(C)(C)C. The molecule has 0 saturated carbocycles. The van der Waals surface area contributed by atoms with Crippen molar-refractivity contribution in [3.05, 3.63) is 0 Å². The Kier molecular flexibility index (Phi) is 6.69. The third-order valence-electron chi connectivity index (χ3n) is 4.98. The number of alkyl halides is 1. The number of methoxy groups -OCH3 is 2. The number of halogens is 1. The quantitative estimate of drug-likeness (QED) is 0.297. The van der Waals surface area contributed by atoms with Crippen molar-refractivity contribution in [2.75, 3.05) is 14.2 Å². The second-order valence-electron chi connectivity index (χ2n) is 7.67. The first-order valence-electron chi connectivity index (χ1n) is 8.10. The predicted molar refractivity (Wildman–Crippen MR) is 95.8 cm³/mol. The van der Waals surface area contributed by atoms with Gasteiger partial charge in [0.15, 0.2) is 20.4 Å². The van der Waals surface area contributed by atoms with Gasteiger partial charge in [0, 0.05) is 0 Å². The van der Waals surface area contributed by atoms with Gasteiger partial charge in [-0.25, -0.2) is 9.59 Å². The topological polar surface area (TPSA) is 82.1 Å². The maximum Gasteiger partial charge on any atom is 0.331 e. The fraction of sp³-hybridized carbons (Fsp3) is 0.812. The van der Waals surface area contributed by atoms with E-state index in [1.165, 1.54) is 14.2 Å². The fourth-order valence-electron chi connectivity index (χ4n) is 2.50. The highest BCUT2D eigenvalue weighted by Gasteiger charge is 2.58. The van der Waals surface area contributed by atoms with E-state index in [0.29, 0.717) is 0 Å². The Hall–Kier alpha value is -1.12. The Morgan fingerprint density at radius 1 is 1.20 bits per heavy atom. The molecule has 0 bridgehead atoms. The fourth-order valence-corrected chi connectivity index (χ4v) is 4.24. The van der Waals surface area contributed by atoms with E-state index in [0.717, 1.165) is 4.90 Å². The number of nitrogens with zero attached hydrogens (tertiary/aromatic N) is 1. The van der Waals surface area contributed by atoms with Crippen LogP contribution >= 0.6 is 11.6 Å². The van der Waals surface area contributed by atoms with Gasteiger partial charge in [-0.2, -0.15) is 0 Å². The van der Waals surface area contributed by atoms with Crippen molar-refractivity contribution in [3.8, 4) is 0 Å². The number of hydrogen-bond acceptors (Lipinski definition) is 6. The minimum atomic E-state index is -2.22. The number of likely N-dealkylation sites (tertiary alicyclic amines) is 1. The van der Waals surface area contributed by atoms with Gasteiger partial charge in [0.1, 0.15) is 5.38 Å². The summed E-state index contributed by atoms with van der Waals surface area (Å²) in [5.41, 5.74) is 0. The molecule has 9 heteroatoms. The van der Waals surface area contributed by atoms with Gasteiger partial charge in [0.2, 0.25) is 5.91 Å². The van der Waals surface area contributed by atoms with Gasteiger partial charge in [-0.15, -0.1) is 11.6 Å². The lowest BCUT2D eigenvalue weighted by atomic mass is 9.95. The molecule has 0 radical (unpaired) electrons. The van der Waals surface area contributed by atoms with E-state index >= 15 is 0 Å². The van der Waals surface area contributed by atoms with Gasteiger partial charge in [-0.05, 0) is 25.1 Å². The van der Waals surface area contributed by atoms with Crippen molar-refractivity contribution >= 4 is 37.8 Å². The number of esters is 2. The maximum atomic E-state index is 12.4. The number of ether oxygens (including phenoxy) is 2. The largest absolute Gasteiger partial charge is 0.467 e. The average Bonchev–Trinajstić information content (AvgIpc) is 2.51. The standard InChI is InChI=1S/C16H28ClNO6Si/c1-9(24-25(7,8)16(2,3)4)11(14(20)22-5)18-12(15(21)23-6)10(17)13(18)19/h9-12H,1-8H3/t9-,10+,11+,12+/m1/s1. The Morgan fingerprint density at radius 3 is 2.12 bits per heavy atom. The molecule has 7 nitrogen and oxygen atoms in total. The Balaban J connectivity index is 3.15. The molecule has 0 aromatic heterocycles. The molecule has 0 aliphatic carbocycles. The summed E-state index contributed by atoms with van der Waals surface area (Å²) in [5.74, 6) is -1.84. The Morgan fingerprint density at radius 2 is 1.72 bits per heavy atom. The smallest absolute Gasteiger partial charge is 0.331 e. The van der Waals surface area contributed by atoms with E-state index < -0.39 is 49.7 Å². The van der Waals surface area contributed by atoms with Crippen LogP contribution in [0.4, 0.5) is 0 Å². The summed E-state index contributed by atoms with van der Waals surface area (Å²) in [6, 6.07) is -2.10. The van der Waals surface area contributed by atoms with E-state index in [2.05, 4.69) is 20.8 Å². The summed E-state index contributed by atoms with van der Waals surface area (Å²) in [4.78, 5) is 37.7. The monoisotopic (exact) mass is 393 g/mol. The van der Waals surface area contributed by atoms with Gasteiger partial charge < -0.3 is 18.8 Å². The summed E-state index contributed by atoms with van der Waals surface area (Å²) in [5, 5.41) is -1.14. The molecule has 1 aliphatic heterocycles. The van der Waals surface area contributed by atoms with Crippen LogP contribution in [0.1, 0.15) is 27.7 Å². The molecule has 25 heavy (non-hydrogen) atoms. The van der Waals surface area contributed by atoms with Crippen LogP contribution < -0.4 is 0 Å². The third-order valence-corrected chi connectivity index (χ3v) is 9.98. The molecule has 0 N–H and O–H groups in total. The van der Waals surface area contributed by atoms with E-state index in [4.69, 9.17) is 25.5 Å². The molecule has 0 aromatic rings. The first-order chi connectivity index (χ1) is 11.3. The van der Waals surface area contributed by atoms with Gasteiger partial charge in [0.05, 0.1) is 20.3 Å². The first kappa shape index (κ1) is 21.9. The van der Waals surface area contributed by atoms with E-state index in [1.54, 1.807) is 6.92 Å². The molecule has 4 atom stereocenters. The summed E-state index contributed by atoms with van der Waals surface area (Å²) >= 11 is 5.96. The lowest BCUT2D eigenvalue weighted by molar-refractivity contribution is -0.176. The second-order valence-corrected chi connectivity index (χ2v) is 12.9. The van der Waals surface area contributed by atoms with Crippen molar-refractivity contribution in [1.29, 1.82) is 0 Å². The molecule has 1 saturated heterocycles. The third kappa shape index (κ3) is 4.17. The van der Waals surface area contributed by atoms with E-state index in [9.17, 15) is 14.4 Å². The molecule has 0 unspecified atom stereocenters. The highest BCUT2D eigenvalue weighted by atomic mass is 35.5. The maximum absolute atomic E-state index is 12.4. The zero-order chi connectivity index (χ0) is 19.7. The lowest BCUT2D eigenvalue weighted by Crippen LogP contribution is -2.72. The van der Waals surface area contributed by atoms with Crippen LogP contribution in [-0.4, -0.2) is 68.8 Å². The number of amides is 1. The Labute approximate surface area is 155 Å². The van der Waals surface area contributed by atoms with Gasteiger partial charge in [-0.3, -0.25) is 4.79 Å². The molecule has 144 valence electrons. The molecule has 1 amide bonds. The van der Waals surface area contributed by atoms with E-state index in [1.807, 2.05) is 13.1 Å². The number of β-lactam (4-membered cyclic amide) rings is 1. The van der Waals surface area contributed by atoms with E-state index in [-0.39, 0.29) is 5.04 Å². The van der Waals surface area contributed by atoms with Crippen LogP contribution in [0.15, 0.2) is 0 Å². The van der Waals surface area contributed by atoms with Crippen LogP contribution in [0.2, 0.25) is 18.1 Å². The molecule has 1 rings (SSSR count). The van der Waals surface area contributed by atoms with Crippen LogP contribution in [-0.2, 0) is 28.3 Å². The molecular weight excluding hydrogens is 366 g/mol. The normalized spacial score (nSPS) is 23.6. The second kappa shape index (κ2) is 7.63. The molecule has 1 heterocycles. The number of rotatable bonds is 6. The van der Waals surface area contributed by atoms with Crippen molar-refractivity contribution < 1.29 is 28.3 Å². The van der Waals surface area contributed by atoms with Crippen molar-refractivity contribution in [3.63, 3.8) is 0 Å². The Bertz CT molecular complexity index is 547. The van der Waals surface area contributed by atoms with Crippen molar-refractivity contribution in [2.24, 2.45) is 0 Å². The predicted octanol–water partition coefficient (Wildman–Crippen LogP) is 1.93. The minimum Gasteiger partial charge on any atom is -0.467 e. The van der Waals surface area contributed by atoms with Crippen LogP contribution in [0.25, 0.3) is 0 Å². The highest BCUT2D eigenvalue weighted by Crippen LogP contribution is 2.39. The molecule has 1 fully saturated rings. The lowest BCUT2D eigenvalue weighted by Gasteiger charge is -2.48. The summed E-state index contributed by atoms with van der Waals surface area (Å²) in [7, 11) is 0.215. The summed E-state index contributed by atoms with van der Waals surface area (Å²) < 4.78 is 15.8. The minimum absolute atomic E-state index is 0.0857.